The fourth-order valence-electron chi connectivity index (χ4n) is 3.75. The van der Waals surface area contributed by atoms with Gasteiger partial charge in [0.2, 0.25) is 5.91 Å². The van der Waals surface area contributed by atoms with Crippen molar-refractivity contribution in [3.05, 3.63) is 94.6 Å². The van der Waals surface area contributed by atoms with Gasteiger partial charge in [0.15, 0.2) is 17.3 Å². The highest BCUT2D eigenvalue weighted by atomic mass is 16.5. The number of fused-ring (bicyclic) bond motifs is 1. The van der Waals surface area contributed by atoms with E-state index in [9.17, 15) is 14.7 Å². The minimum absolute atomic E-state index is 0.00414. The van der Waals surface area contributed by atoms with Gasteiger partial charge in [0.25, 0.3) is 0 Å². The first-order valence-electron chi connectivity index (χ1n) is 10.1. The Bertz CT molecular complexity index is 1170. The zero-order valence-corrected chi connectivity index (χ0v) is 17.2. The van der Waals surface area contributed by atoms with Crippen molar-refractivity contribution in [2.75, 3.05) is 12.4 Å². The second-order valence-electron chi connectivity index (χ2n) is 7.51. The van der Waals surface area contributed by atoms with E-state index in [1.165, 1.54) is 13.2 Å². The third kappa shape index (κ3) is 4.67. The van der Waals surface area contributed by atoms with Gasteiger partial charge in [-0.05, 0) is 59.9 Å². The molecule has 3 aromatic rings. The van der Waals surface area contributed by atoms with Gasteiger partial charge in [-0.1, -0.05) is 42.5 Å². The lowest BCUT2D eigenvalue weighted by atomic mass is 9.85. The van der Waals surface area contributed by atoms with Crippen LogP contribution in [0.4, 0.5) is 5.69 Å². The van der Waals surface area contributed by atoms with Crippen LogP contribution < -0.4 is 10.1 Å². The highest BCUT2D eigenvalue weighted by molar-refractivity contribution is 6.13. The van der Waals surface area contributed by atoms with Crippen LogP contribution >= 0.6 is 0 Å². The lowest BCUT2D eigenvalue weighted by Gasteiger charge is -2.19. The molecule has 0 atom stereocenters. The van der Waals surface area contributed by atoms with E-state index in [1.54, 1.807) is 18.2 Å². The smallest absolute Gasteiger partial charge is 0.228 e. The summed E-state index contributed by atoms with van der Waals surface area (Å²) in [5.41, 5.74) is 4.72. The van der Waals surface area contributed by atoms with Crippen molar-refractivity contribution in [2.45, 2.75) is 19.3 Å². The van der Waals surface area contributed by atoms with Gasteiger partial charge >= 0.3 is 0 Å². The third-order valence-corrected chi connectivity index (χ3v) is 5.34. The van der Waals surface area contributed by atoms with Gasteiger partial charge in [0.1, 0.15) is 0 Å². The number of methoxy groups -OCH3 is 1. The van der Waals surface area contributed by atoms with Crippen LogP contribution in [0.5, 0.6) is 11.5 Å². The number of Topliss-reactive ketones (excluding diaryl/α,β-unsaturated/α-hetero) is 1. The van der Waals surface area contributed by atoms with Crippen LogP contribution in [0.15, 0.2) is 72.3 Å². The van der Waals surface area contributed by atoms with E-state index in [1.807, 2.05) is 48.5 Å². The van der Waals surface area contributed by atoms with E-state index in [2.05, 4.69) is 5.32 Å². The quantitative estimate of drug-likeness (QED) is 0.590. The number of allylic oxidation sites excluding steroid dienone is 1. The van der Waals surface area contributed by atoms with E-state index < -0.39 is 0 Å². The Balaban J connectivity index is 1.50. The van der Waals surface area contributed by atoms with Crippen molar-refractivity contribution >= 4 is 23.5 Å². The summed E-state index contributed by atoms with van der Waals surface area (Å²) in [6.45, 7) is 0. The number of phenols is 1. The molecule has 2 N–H and O–H groups in total. The zero-order chi connectivity index (χ0) is 21.8. The number of hydrogen-bond donors (Lipinski definition) is 2. The van der Waals surface area contributed by atoms with Crippen molar-refractivity contribution in [3.8, 4) is 11.5 Å². The molecule has 5 nitrogen and oxygen atoms in total. The molecule has 1 aliphatic carbocycles. The minimum atomic E-state index is -0.212. The van der Waals surface area contributed by atoms with Gasteiger partial charge < -0.3 is 15.2 Å². The van der Waals surface area contributed by atoms with E-state index >= 15 is 0 Å². The molecule has 0 bridgehead atoms. The predicted octanol–water partition coefficient (Wildman–Crippen LogP) is 4.79. The van der Waals surface area contributed by atoms with E-state index in [0.717, 1.165) is 23.1 Å². The molecule has 0 unspecified atom stereocenters. The van der Waals surface area contributed by atoms with E-state index in [-0.39, 0.29) is 23.9 Å². The number of amides is 1. The molecule has 0 spiro atoms. The average molecular weight is 413 g/mol. The monoisotopic (exact) mass is 413 g/mol. The maximum atomic E-state index is 13.0. The Kier molecular flexibility index (Phi) is 5.85. The summed E-state index contributed by atoms with van der Waals surface area (Å²) in [5.74, 6) is 0.141. The van der Waals surface area contributed by atoms with Crippen LogP contribution in [0.3, 0.4) is 0 Å². The second-order valence-corrected chi connectivity index (χ2v) is 7.51. The van der Waals surface area contributed by atoms with E-state index in [4.69, 9.17) is 4.74 Å². The van der Waals surface area contributed by atoms with Crippen molar-refractivity contribution in [1.29, 1.82) is 0 Å². The summed E-state index contributed by atoms with van der Waals surface area (Å²) in [4.78, 5) is 25.5. The lowest BCUT2D eigenvalue weighted by molar-refractivity contribution is -0.115. The number of ketones is 1. The maximum absolute atomic E-state index is 13.0. The van der Waals surface area contributed by atoms with E-state index in [0.29, 0.717) is 29.0 Å². The largest absolute Gasteiger partial charge is 0.504 e. The highest BCUT2D eigenvalue weighted by Crippen LogP contribution is 2.29. The Hall–Kier alpha value is -3.86. The molecule has 4 rings (SSSR count). The van der Waals surface area contributed by atoms with Gasteiger partial charge in [-0.2, -0.15) is 0 Å². The Morgan fingerprint density at radius 1 is 1.06 bits per heavy atom. The first-order valence-corrected chi connectivity index (χ1v) is 10.1. The first-order chi connectivity index (χ1) is 15.0. The number of ether oxygens (including phenoxy) is 1. The number of carbonyl (C=O) groups is 2. The number of anilines is 1. The number of aryl methyl sites for hydroxylation is 1. The molecule has 156 valence electrons. The fourth-order valence-corrected chi connectivity index (χ4v) is 3.75. The molecule has 0 saturated heterocycles. The summed E-state index contributed by atoms with van der Waals surface area (Å²) in [5, 5.41) is 12.6. The number of benzene rings is 3. The number of hydrogen-bond acceptors (Lipinski definition) is 4. The minimum Gasteiger partial charge on any atom is -0.504 e. The summed E-state index contributed by atoms with van der Waals surface area (Å²) in [6.07, 6.45) is 3.56. The molecular weight excluding hydrogens is 390 g/mol. The predicted molar refractivity (Wildman–Crippen MR) is 121 cm³/mol. The molecular formula is C26H23NO4. The fraction of sp³-hybridized carbons (Fsp3) is 0.154. The first kappa shape index (κ1) is 20.4. The molecule has 1 amide bonds. The number of nitrogens with one attached hydrogen (secondary N) is 1. The molecule has 0 aliphatic heterocycles. The molecule has 5 heteroatoms. The van der Waals surface area contributed by atoms with Gasteiger partial charge in [0.05, 0.1) is 13.5 Å². The second kappa shape index (κ2) is 8.88. The van der Waals surface area contributed by atoms with Crippen molar-refractivity contribution in [2.24, 2.45) is 0 Å². The van der Waals surface area contributed by atoms with Gasteiger partial charge in [0, 0.05) is 16.8 Å². The van der Waals surface area contributed by atoms with Crippen LogP contribution in [-0.2, 0) is 17.6 Å². The molecule has 0 radical (unpaired) electrons. The molecule has 31 heavy (non-hydrogen) atoms. The Morgan fingerprint density at radius 2 is 1.87 bits per heavy atom. The third-order valence-electron chi connectivity index (χ3n) is 5.34. The maximum Gasteiger partial charge on any atom is 0.228 e. The zero-order valence-electron chi connectivity index (χ0n) is 17.2. The summed E-state index contributed by atoms with van der Waals surface area (Å²) in [7, 11) is 1.46. The van der Waals surface area contributed by atoms with Crippen molar-refractivity contribution in [3.63, 3.8) is 0 Å². The summed E-state index contributed by atoms with van der Waals surface area (Å²) >= 11 is 0. The van der Waals surface area contributed by atoms with Crippen LogP contribution in [0, 0.1) is 0 Å². The molecule has 0 saturated carbocycles. The highest BCUT2D eigenvalue weighted by Gasteiger charge is 2.22. The number of aromatic hydroxyl groups is 1. The normalized spacial score (nSPS) is 14.2. The Morgan fingerprint density at radius 3 is 2.65 bits per heavy atom. The van der Waals surface area contributed by atoms with Crippen molar-refractivity contribution < 1.29 is 19.4 Å². The average Bonchev–Trinajstić information content (AvgIpc) is 2.78. The number of rotatable bonds is 5. The summed E-state index contributed by atoms with van der Waals surface area (Å²) in [6, 6.07) is 20.1. The number of carbonyl (C=O) groups excluding carboxylic acids is 2. The molecule has 3 aromatic carbocycles. The standard InChI is InChI=1S/C26H23NO4/c1-31-24-14-18(7-12-23(24)28)15-25(29)27-21-11-10-19-8-9-20(26(30)22(19)16-21)13-17-5-3-2-4-6-17/h2-7,10-14,16,28H,8-9,15H2,1H3,(H,27,29)/b20-13-. The lowest BCUT2D eigenvalue weighted by Crippen LogP contribution is -2.17. The molecule has 0 aromatic heterocycles. The SMILES string of the molecule is COc1cc(CC(=O)Nc2ccc3c(c2)C(=O)/C(=C\c2ccccc2)CC3)ccc1O. The van der Waals surface area contributed by atoms with Crippen LogP contribution in [0.1, 0.15) is 33.5 Å². The Labute approximate surface area is 181 Å². The van der Waals surface area contributed by atoms with Crippen LogP contribution in [0.25, 0.3) is 6.08 Å². The number of phenolic OH excluding ortho intramolecular Hbond substituents is 1. The van der Waals surface area contributed by atoms with Gasteiger partial charge in [-0.3, -0.25) is 9.59 Å². The topological polar surface area (TPSA) is 75.6 Å². The molecule has 0 heterocycles. The van der Waals surface area contributed by atoms with Crippen molar-refractivity contribution in [1.82, 2.24) is 0 Å². The van der Waals surface area contributed by atoms with Gasteiger partial charge in [-0.25, -0.2) is 0 Å². The van der Waals surface area contributed by atoms with Gasteiger partial charge in [-0.15, -0.1) is 0 Å². The molecule has 0 fully saturated rings. The molecule has 1 aliphatic rings. The summed E-state index contributed by atoms with van der Waals surface area (Å²) < 4.78 is 5.09. The van der Waals surface area contributed by atoms with Crippen LogP contribution in [-0.4, -0.2) is 23.9 Å². The van der Waals surface area contributed by atoms with Crippen LogP contribution in [0.2, 0.25) is 0 Å².